The first kappa shape index (κ1) is 21.8. The number of ether oxygens (including phenoxy) is 1. The van der Waals surface area contributed by atoms with Crippen LogP contribution in [0.2, 0.25) is 0 Å². The van der Waals surface area contributed by atoms with Crippen molar-refractivity contribution in [2.75, 3.05) is 6.61 Å². The van der Waals surface area contributed by atoms with Crippen LogP contribution in [0.4, 0.5) is 9.59 Å². The number of imide groups is 1. The molecule has 0 aromatic carbocycles. The van der Waals surface area contributed by atoms with Gasteiger partial charge in [-0.1, -0.05) is 0 Å². The number of amides is 2. The van der Waals surface area contributed by atoms with Gasteiger partial charge in [0.2, 0.25) is 6.29 Å². The van der Waals surface area contributed by atoms with Crippen LogP contribution in [0.5, 0.6) is 0 Å². The van der Waals surface area contributed by atoms with Gasteiger partial charge in [0.15, 0.2) is 0 Å². The van der Waals surface area contributed by atoms with Crippen molar-refractivity contribution in [2.45, 2.75) is 30.7 Å². The van der Waals surface area contributed by atoms with E-state index in [0.717, 1.165) is 0 Å². The standard InChI is InChI=1S/C8H15NO10.Na.H/c10-1-2(11)3(12)4(13)5(14)6(15)19-8(18)9-7(16)17;;/h2-6,10-15H,1H2,(H,9,18)(H,16,17);;/q;+1;-1/t2-,3-,4+,5+,6?;;/m1../s1. The van der Waals surface area contributed by atoms with Gasteiger partial charge in [0.1, 0.15) is 24.4 Å². The minimum absolute atomic E-state index is 0. The number of aliphatic hydroxyl groups is 6. The third-order valence-electron chi connectivity index (χ3n) is 2.01. The fourth-order valence-electron chi connectivity index (χ4n) is 1.00. The molecule has 2 amide bonds. The smallest absolute Gasteiger partial charge is 1.00 e. The number of carbonyl (C=O) groups excluding carboxylic acids is 1. The van der Waals surface area contributed by atoms with Gasteiger partial charge in [0, 0.05) is 0 Å². The normalized spacial score (nSPS) is 17.9. The molecule has 0 rings (SSSR count). The zero-order chi connectivity index (χ0) is 15.2. The molecular weight excluding hydrogens is 293 g/mol. The molecule has 0 fully saturated rings. The van der Waals surface area contributed by atoms with Crippen molar-refractivity contribution in [1.29, 1.82) is 0 Å². The first-order chi connectivity index (χ1) is 8.70. The number of rotatable bonds is 6. The van der Waals surface area contributed by atoms with Crippen molar-refractivity contribution < 1.29 is 81.1 Å². The fourth-order valence-corrected chi connectivity index (χ4v) is 1.00. The van der Waals surface area contributed by atoms with E-state index in [1.807, 2.05) is 0 Å². The maximum absolute atomic E-state index is 10.7. The molecule has 0 saturated heterocycles. The van der Waals surface area contributed by atoms with Crippen LogP contribution >= 0.6 is 0 Å². The largest absolute Gasteiger partial charge is 1.00 e. The van der Waals surface area contributed by atoms with Crippen LogP contribution in [0, 0.1) is 0 Å². The Morgan fingerprint density at radius 3 is 1.95 bits per heavy atom. The second kappa shape index (κ2) is 10.3. The molecule has 0 spiro atoms. The van der Waals surface area contributed by atoms with E-state index in [4.69, 9.17) is 20.4 Å². The molecule has 20 heavy (non-hydrogen) atoms. The average Bonchev–Trinajstić information content (AvgIpc) is 2.33. The van der Waals surface area contributed by atoms with Crippen LogP contribution in [0.3, 0.4) is 0 Å². The van der Waals surface area contributed by atoms with Crippen molar-refractivity contribution in [3.8, 4) is 0 Å². The van der Waals surface area contributed by atoms with E-state index in [-0.39, 0.29) is 31.0 Å². The molecule has 0 bridgehead atoms. The summed E-state index contributed by atoms with van der Waals surface area (Å²) in [7, 11) is 0. The SMILES string of the molecule is O=C(O)NC(=O)OC(O)[C@@H](O)[C@@H](O)[C@H](O)[C@H](O)CO.[H-].[Na+]. The number of aliphatic hydroxyl groups excluding tert-OH is 6. The minimum atomic E-state index is -2.37. The van der Waals surface area contributed by atoms with E-state index in [0.29, 0.717) is 0 Å². The summed E-state index contributed by atoms with van der Waals surface area (Å²) in [4.78, 5) is 20.8. The Kier molecular flexibility index (Phi) is 11.2. The Hall–Kier alpha value is -0.500. The average molecular weight is 309 g/mol. The molecule has 0 aliphatic rings. The topological polar surface area (TPSA) is 197 Å². The number of nitrogens with one attached hydrogen (secondary N) is 1. The Labute approximate surface area is 136 Å². The second-order valence-electron chi connectivity index (χ2n) is 3.45. The monoisotopic (exact) mass is 309 g/mol. The zero-order valence-corrected chi connectivity index (χ0v) is 12.4. The quantitative estimate of drug-likeness (QED) is 0.172. The predicted octanol–water partition coefficient (Wildman–Crippen LogP) is -6.74. The Bertz CT molecular complexity index is 321. The molecule has 0 aromatic heterocycles. The summed E-state index contributed by atoms with van der Waals surface area (Å²) in [6, 6.07) is 0. The van der Waals surface area contributed by atoms with Gasteiger partial charge in [0.25, 0.3) is 0 Å². The number of carbonyl (C=O) groups is 2. The number of carboxylic acid groups (broad SMARTS) is 1. The van der Waals surface area contributed by atoms with Crippen molar-refractivity contribution in [3.05, 3.63) is 0 Å². The Morgan fingerprint density at radius 1 is 1.05 bits per heavy atom. The zero-order valence-electron chi connectivity index (χ0n) is 11.4. The van der Waals surface area contributed by atoms with E-state index in [2.05, 4.69) is 4.74 Å². The first-order valence-corrected chi connectivity index (χ1v) is 4.92. The Balaban J connectivity index is -0.00000162. The van der Waals surface area contributed by atoms with Gasteiger partial charge in [-0.05, 0) is 0 Å². The van der Waals surface area contributed by atoms with Crippen LogP contribution in [0.25, 0.3) is 0 Å². The van der Waals surface area contributed by atoms with Crippen LogP contribution in [0.15, 0.2) is 0 Å². The van der Waals surface area contributed by atoms with E-state index in [1.54, 1.807) is 0 Å². The maximum Gasteiger partial charge on any atom is 1.00 e. The van der Waals surface area contributed by atoms with Gasteiger partial charge >= 0.3 is 41.7 Å². The first-order valence-electron chi connectivity index (χ1n) is 4.92. The van der Waals surface area contributed by atoms with Crippen molar-refractivity contribution in [2.24, 2.45) is 0 Å². The third kappa shape index (κ3) is 7.33. The summed E-state index contributed by atoms with van der Waals surface area (Å²) in [6.07, 6.45) is -14.0. The molecule has 8 N–H and O–H groups in total. The van der Waals surface area contributed by atoms with Gasteiger partial charge < -0.3 is 41.9 Å². The third-order valence-corrected chi connectivity index (χ3v) is 2.01. The van der Waals surface area contributed by atoms with Gasteiger partial charge in [-0.3, -0.25) is 0 Å². The van der Waals surface area contributed by atoms with Gasteiger partial charge in [-0.15, -0.1) is 0 Å². The van der Waals surface area contributed by atoms with E-state index in [9.17, 15) is 24.9 Å². The summed E-state index contributed by atoms with van der Waals surface area (Å²) in [6.45, 7) is -0.929. The summed E-state index contributed by atoms with van der Waals surface area (Å²) in [5.41, 5.74) is 0. The van der Waals surface area contributed by atoms with Gasteiger partial charge in [-0.2, -0.15) is 0 Å². The number of alkyl carbamates (subject to hydrolysis) is 1. The number of hydrogen-bond acceptors (Lipinski definition) is 9. The molecule has 0 saturated carbocycles. The van der Waals surface area contributed by atoms with Crippen molar-refractivity contribution >= 4 is 12.2 Å². The molecule has 0 aliphatic carbocycles. The van der Waals surface area contributed by atoms with Crippen LogP contribution in [-0.2, 0) is 4.74 Å². The molecule has 0 aliphatic heterocycles. The molecule has 1 unspecified atom stereocenters. The number of hydrogen-bond donors (Lipinski definition) is 8. The molecule has 12 heteroatoms. The molecule has 11 nitrogen and oxygen atoms in total. The summed E-state index contributed by atoms with van der Waals surface area (Å²) in [5.74, 6) is 0. The molecule has 5 atom stereocenters. The molecule has 0 radical (unpaired) electrons. The van der Waals surface area contributed by atoms with Gasteiger partial charge in [0.05, 0.1) is 6.61 Å². The van der Waals surface area contributed by atoms with Crippen LogP contribution in [-0.4, -0.2) is 85.2 Å². The summed E-state index contributed by atoms with van der Waals surface area (Å²) in [5, 5.41) is 63.7. The van der Waals surface area contributed by atoms with Crippen LogP contribution in [0.1, 0.15) is 1.43 Å². The van der Waals surface area contributed by atoms with Crippen LogP contribution < -0.4 is 34.9 Å². The summed E-state index contributed by atoms with van der Waals surface area (Å²) >= 11 is 0. The second-order valence-corrected chi connectivity index (χ2v) is 3.45. The molecule has 0 aromatic rings. The van der Waals surface area contributed by atoms with E-state index < -0.39 is 49.5 Å². The minimum Gasteiger partial charge on any atom is -1.00 e. The Morgan fingerprint density at radius 2 is 1.55 bits per heavy atom. The summed E-state index contributed by atoms with van der Waals surface area (Å²) < 4.78 is 3.97. The van der Waals surface area contributed by atoms with Gasteiger partial charge in [-0.25, -0.2) is 14.9 Å². The van der Waals surface area contributed by atoms with Crippen molar-refractivity contribution in [3.63, 3.8) is 0 Å². The molecular formula is C8H16NNaO10. The maximum atomic E-state index is 10.7. The molecule has 114 valence electrons. The fraction of sp³-hybridized carbons (Fsp3) is 0.750. The van der Waals surface area contributed by atoms with Crippen molar-refractivity contribution in [1.82, 2.24) is 5.32 Å². The predicted molar refractivity (Wildman–Crippen MR) is 55.9 cm³/mol. The van der Waals surface area contributed by atoms with E-state index >= 15 is 0 Å². The molecule has 0 heterocycles. The van der Waals surface area contributed by atoms with E-state index in [1.165, 1.54) is 5.32 Å².